The van der Waals surface area contributed by atoms with Gasteiger partial charge in [-0.1, -0.05) is 36.0 Å². The monoisotopic (exact) mass is 516 g/mol. The first-order valence-electron chi connectivity index (χ1n) is 10.8. The number of nitrogens with zero attached hydrogens (tertiary/aromatic N) is 3. The molecule has 0 aromatic heterocycles. The van der Waals surface area contributed by atoms with Crippen molar-refractivity contribution in [3.63, 3.8) is 0 Å². The quantitative estimate of drug-likeness (QED) is 0.605. The van der Waals surface area contributed by atoms with E-state index in [0.717, 1.165) is 17.8 Å². The number of nitriles is 1. The number of amides is 2. The Morgan fingerprint density at radius 2 is 2.14 bits per heavy atom. The number of hydrogen-bond acceptors (Lipinski definition) is 6. The molecule has 3 atom stereocenters. The Morgan fingerprint density at radius 3 is 2.86 bits per heavy atom. The molecule has 4 aliphatic rings. The number of allylic oxidation sites excluding steroid dienone is 4. The van der Waals surface area contributed by atoms with Crippen molar-refractivity contribution in [1.82, 2.24) is 9.80 Å². The molecule has 3 aliphatic heterocycles. The van der Waals surface area contributed by atoms with Crippen molar-refractivity contribution in [3.05, 3.63) is 69.3 Å². The normalized spacial score (nSPS) is 25.4. The summed E-state index contributed by atoms with van der Waals surface area (Å²) in [6.45, 7) is 4.34. The molecule has 5 rings (SSSR count). The Bertz CT molecular complexity index is 1320. The van der Waals surface area contributed by atoms with Gasteiger partial charge in [0, 0.05) is 31.1 Å². The standard InChI is InChI=1S/C24H19ClF2N4O3S/c1-2-17(32)30-5-6-31-11(9-30)10-34-21-13(24(31)33)7-16(27)19(20(21)25)12-3-4-15(26)22-18(12)14(8-28)23(29)35-22/h2-4,7,11,18,22H,1,5-6,9-10,29H2/t11-,18-,22?/m1/s1. The lowest BCUT2D eigenvalue weighted by atomic mass is 9.81. The summed E-state index contributed by atoms with van der Waals surface area (Å²) >= 11 is 7.66. The second-order valence-electron chi connectivity index (χ2n) is 8.46. The average Bonchev–Trinajstić information content (AvgIpc) is 3.13. The van der Waals surface area contributed by atoms with E-state index < -0.39 is 34.8 Å². The first-order chi connectivity index (χ1) is 16.8. The van der Waals surface area contributed by atoms with Gasteiger partial charge in [0.1, 0.15) is 18.3 Å². The Hall–Kier alpha value is -3.29. The number of fused-ring (bicyclic) bond motifs is 3. The fraction of sp³-hybridized carbons (Fsp3) is 0.292. The Morgan fingerprint density at radius 1 is 1.37 bits per heavy atom. The van der Waals surface area contributed by atoms with E-state index in [4.69, 9.17) is 22.1 Å². The number of piperazine rings is 1. The summed E-state index contributed by atoms with van der Waals surface area (Å²) in [6.07, 6.45) is 3.79. The van der Waals surface area contributed by atoms with Crippen LogP contribution in [0.5, 0.6) is 5.75 Å². The molecule has 2 N–H and O–H groups in total. The molecule has 1 aromatic rings. The van der Waals surface area contributed by atoms with Gasteiger partial charge in [0.25, 0.3) is 5.91 Å². The molecule has 0 bridgehead atoms. The van der Waals surface area contributed by atoms with Gasteiger partial charge in [0.15, 0.2) is 5.75 Å². The summed E-state index contributed by atoms with van der Waals surface area (Å²) in [5.41, 5.74) is 6.27. The smallest absolute Gasteiger partial charge is 0.258 e. The van der Waals surface area contributed by atoms with E-state index in [-0.39, 0.29) is 63.7 Å². The SMILES string of the molecule is C=CC(=O)N1CCN2C(=O)c3cc(F)c(C4=CC=C(F)C5SC(N)=C(C#N)[C@@H]45)c(Cl)c3OC[C@H]2C1. The largest absolute Gasteiger partial charge is 0.489 e. The van der Waals surface area contributed by atoms with Gasteiger partial charge in [-0.3, -0.25) is 9.59 Å². The zero-order valence-corrected chi connectivity index (χ0v) is 19.8. The lowest BCUT2D eigenvalue weighted by molar-refractivity contribution is -0.128. The van der Waals surface area contributed by atoms with Crippen LogP contribution in [0.4, 0.5) is 8.78 Å². The number of carbonyl (C=O) groups is 2. The third-order valence-corrected chi connectivity index (χ3v) is 8.21. The highest BCUT2D eigenvalue weighted by Crippen LogP contribution is 2.53. The molecular formula is C24H19ClF2N4O3S. The maximum absolute atomic E-state index is 15.6. The van der Waals surface area contributed by atoms with Crippen molar-refractivity contribution in [2.75, 3.05) is 26.2 Å². The number of nitrogens with two attached hydrogens (primary N) is 1. The lowest BCUT2D eigenvalue weighted by Gasteiger charge is -2.39. The second-order valence-corrected chi connectivity index (χ2v) is 10.0. The molecular weight excluding hydrogens is 498 g/mol. The minimum atomic E-state index is -0.827. The van der Waals surface area contributed by atoms with Gasteiger partial charge in [-0.25, -0.2) is 8.78 Å². The summed E-state index contributed by atoms with van der Waals surface area (Å²) in [5.74, 6) is -2.80. The summed E-state index contributed by atoms with van der Waals surface area (Å²) in [4.78, 5) is 28.5. The minimum Gasteiger partial charge on any atom is -0.489 e. The van der Waals surface area contributed by atoms with Crippen molar-refractivity contribution in [1.29, 1.82) is 5.26 Å². The Labute approximate surface area is 209 Å². The van der Waals surface area contributed by atoms with Crippen molar-refractivity contribution >= 4 is 40.8 Å². The Balaban J connectivity index is 1.56. The van der Waals surface area contributed by atoms with Crippen LogP contribution >= 0.6 is 23.4 Å². The van der Waals surface area contributed by atoms with Crippen LogP contribution in [0.25, 0.3) is 5.57 Å². The number of thioether (sulfide) groups is 1. The van der Waals surface area contributed by atoms with E-state index in [9.17, 15) is 19.2 Å². The summed E-state index contributed by atoms with van der Waals surface area (Å²) in [7, 11) is 0. The highest BCUT2D eigenvalue weighted by atomic mass is 35.5. The lowest BCUT2D eigenvalue weighted by Crippen LogP contribution is -2.57. The highest BCUT2D eigenvalue weighted by molar-refractivity contribution is 8.04. The van der Waals surface area contributed by atoms with E-state index in [2.05, 4.69) is 6.58 Å². The van der Waals surface area contributed by atoms with Crippen molar-refractivity contribution in [2.24, 2.45) is 11.7 Å². The molecule has 1 fully saturated rings. The third-order valence-electron chi connectivity index (χ3n) is 6.62. The predicted molar refractivity (Wildman–Crippen MR) is 127 cm³/mol. The van der Waals surface area contributed by atoms with E-state index in [1.807, 2.05) is 6.07 Å². The van der Waals surface area contributed by atoms with Crippen LogP contribution in [0.2, 0.25) is 5.02 Å². The molecule has 3 heterocycles. The molecule has 35 heavy (non-hydrogen) atoms. The molecule has 0 saturated carbocycles. The van der Waals surface area contributed by atoms with Crippen LogP contribution in [-0.4, -0.2) is 59.1 Å². The molecule has 0 spiro atoms. The molecule has 7 nitrogen and oxygen atoms in total. The van der Waals surface area contributed by atoms with Gasteiger partial charge < -0.3 is 20.3 Å². The van der Waals surface area contributed by atoms with Crippen LogP contribution in [0.15, 0.2) is 47.3 Å². The highest BCUT2D eigenvalue weighted by Gasteiger charge is 2.44. The molecule has 180 valence electrons. The second kappa shape index (κ2) is 8.73. The fourth-order valence-corrected chi connectivity index (χ4v) is 6.47. The minimum absolute atomic E-state index is 0.0117. The number of halogens is 3. The molecule has 1 aromatic carbocycles. The maximum atomic E-state index is 15.6. The van der Waals surface area contributed by atoms with Gasteiger partial charge in [0.05, 0.1) is 38.5 Å². The van der Waals surface area contributed by atoms with Crippen molar-refractivity contribution < 1.29 is 23.1 Å². The average molecular weight is 517 g/mol. The van der Waals surface area contributed by atoms with Crippen LogP contribution in [0.1, 0.15) is 15.9 Å². The first-order valence-corrected chi connectivity index (χ1v) is 12.0. The first kappa shape index (κ1) is 23.5. The van der Waals surface area contributed by atoms with Gasteiger partial charge in [-0.05, 0) is 23.8 Å². The van der Waals surface area contributed by atoms with Gasteiger partial charge in [-0.15, -0.1) is 0 Å². The van der Waals surface area contributed by atoms with E-state index in [0.29, 0.717) is 6.54 Å². The van der Waals surface area contributed by atoms with Gasteiger partial charge in [0.2, 0.25) is 5.91 Å². The molecule has 0 radical (unpaired) electrons. The number of rotatable bonds is 2. The zero-order valence-electron chi connectivity index (χ0n) is 18.3. The molecule has 1 unspecified atom stereocenters. The number of carbonyl (C=O) groups excluding carboxylic acids is 2. The van der Waals surface area contributed by atoms with Crippen LogP contribution in [0, 0.1) is 23.1 Å². The topological polar surface area (TPSA) is 99.7 Å². The summed E-state index contributed by atoms with van der Waals surface area (Å²) in [5, 5.41) is 8.85. The fourth-order valence-electron chi connectivity index (χ4n) is 4.93. The number of hydrogen-bond donors (Lipinski definition) is 1. The van der Waals surface area contributed by atoms with E-state index in [1.54, 1.807) is 9.80 Å². The van der Waals surface area contributed by atoms with E-state index >= 15 is 4.39 Å². The summed E-state index contributed by atoms with van der Waals surface area (Å²) < 4.78 is 36.1. The molecule has 2 amide bonds. The van der Waals surface area contributed by atoms with Crippen LogP contribution < -0.4 is 10.5 Å². The van der Waals surface area contributed by atoms with Crippen molar-refractivity contribution in [2.45, 2.75) is 11.3 Å². The molecule has 1 aliphatic carbocycles. The van der Waals surface area contributed by atoms with Crippen LogP contribution in [-0.2, 0) is 4.79 Å². The van der Waals surface area contributed by atoms with Gasteiger partial charge in [-0.2, -0.15) is 5.26 Å². The third kappa shape index (κ3) is 3.61. The number of ether oxygens (including phenoxy) is 1. The van der Waals surface area contributed by atoms with E-state index in [1.165, 1.54) is 18.2 Å². The maximum Gasteiger partial charge on any atom is 0.258 e. The predicted octanol–water partition coefficient (Wildman–Crippen LogP) is 3.39. The van der Waals surface area contributed by atoms with Crippen molar-refractivity contribution in [3.8, 4) is 11.8 Å². The zero-order chi connectivity index (χ0) is 25.0. The Kier molecular flexibility index (Phi) is 5.85. The number of benzene rings is 1. The summed E-state index contributed by atoms with van der Waals surface area (Å²) in [6, 6.07) is 2.62. The van der Waals surface area contributed by atoms with Crippen LogP contribution in [0.3, 0.4) is 0 Å². The van der Waals surface area contributed by atoms with Gasteiger partial charge >= 0.3 is 0 Å². The molecule has 11 heteroatoms. The molecule has 1 saturated heterocycles.